The van der Waals surface area contributed by atoms with Crippen molar-refractivity contribution in [2.24, 2.45) is 5.92 Å². The van der Waals surface area contributed by atoms with Crippen LogP contribution < -0.4 is 10.1 Å². The van der Waals surface area contributed by atoms with Gasteiger partial charge in [-0.15, -0.1) is 0 Å². The van der Waals surface area contributed by atoms with Crippen LogP contribution in [0.2, 0.25) is 0 Å². The maximum absolute atomic E-state index is 13.3. The third kappa shape index (κ3) is 7.62. The zero-order chi connectivity index (χ0) is 23.8. The van der Waals surface area contributed by atoms with Crippen molar-refractivity contribution in [3.05, 3.63) is 63.9 Å². The van der Waals surface area contributed by atoms with Crippen molar-refractivity contribution in [3.63, 3.8) is 0 Å². The summed E-state index contributed by atoms with van der Waals surface area (Å²) in [6.07, 6.45) is 0. The van der Waals surface area contributed by atoms with Gasteiger partial charge in [-0.2, -0.15) is 0 Å². The van der Waals surface area contributed by atoms with E-state index < -0.39 is 6.04 Å². The Morgan fingerprint density at radius 2 is 1.72 bits per heavy atom. The second kappa shape index (κ2) is 12.0. The van der Waals surface area contributed by atoms with E-state index >= 15 is 0 Å². The van der Waals surface area contributed by atoms with Gasteiger partial charge in [0.2, 0.25) is 5.91 Å². The molecule has 0 aliphatic carbocycles. The lowest BCUT2D eigenvalue weighted by Crippen LogP contribution is -2.49. The van der Waals surface area contributed by atoms with Crippen LogP contribution in [0.5, 0.6) is 5.75 Å². The van der Waals surface area contributed by atoms with E-state index in [1.165, 1.54) is 17.0 Å². The van der Waals surface area contributed by atoms with E-state index in [1.807, 2.05) is 32.0 Å². The third-order valence-corrected chi connectivity index (χ3v) is 5.71. The van der Waals surface area contributed by atoms with Gasteiger partial charge >= 0.3 is 0 Å². The second-order valence-electron chi connectivity index (χ2n) is 8.60. The van der Waals surface area contributed by atoms with Gasteiger partial charge in [-0.1, -0.05) is 45.9 Å². The van der Waals surface area contributed by atoms with E-state index in [9.17, 15) is 14.0 Å². The molecule has 1 N–H and O–H groups in total. The minimum Gasteiger partial charge on any atom is -0.483 e. The van der Waals surface area contributed by atoms with Gasteiger partial charge in [-0.3, -0.25) is 9.59 Å². The summed E-state index contributed by atoms with van der Waals surface area (Å²) in [6.45, 7) is 10.4. The van der Waals surface area contributed by atoms with E-state index in [1.54, 1.807) is 19.1 Å². The molecule has 0 aliphatic rings. The molecule has 0 heterocycles. The van der Waals surface area contributed by atoms with Crippen LogP contribution >= 0.6 is 15.9 Å². The number of hydrogen-bond donors (Lipinski definition) is 1. The van der Waals surface area contributed by atoms with Crippen molar-refractivity contribution in [2.45, 2.75) is 53.1 Å². The summed E-state index contributed by atoms with van der Waals surface area (Å²) in [5.41, 5.74) is 1.88. The van der Waals surface area contributed by atoms with Crippen LogP contribution in [0.25, 0.3) is 0 Å². The van der Waals surface area contributed by atoms with Crippen LogP contribution in [0.15, 0.2) is 46.9 Å². The first kappa shape index (κ1) is 25.8. The topological polar surface area (TPSA) is 58.6 Å². The van der Waals surface area contributed by atoms with Crippen molar-refractivity contribution < 1.29 is 18.7 Å². The molecule has 174 valence electrons. The van der Waals surface area contributed by atoms with E-state index in [4.69, 9.17) is 4.74 Å². The molecule has 0 aromatic heterocycles. The highest BCUT2D eigenvalue weighted by Crippen LogP contribution is 2.29. The number of rotatable bonds is 10. The molecular weight excluding hydrogens is 475 g/mol. The number of halogens is 2. The van der Waals surface area contributed by atoms with Gasteiger partial charge in [-0.25, -0.2) is 4.39 Å². The first-order chi connectivity index (χ1) is 15.1. The Kier molecular flexibility index (Phi) is 9.69. The number of ether oxygens (including phenoxy) is 1. The number of amides is 2. The number of carbonyl (C=O) groups excluding carboxylic acids is 2. The lowest BCUT2D eigenvalue weighted by atomic mass is 10.0. The average molecular weight is 507 g/mol. The highest BCUT2D eigenvalue weighted by molar-refractivity contribution is 9.10. The highest BCUT2D eigenvalue weighted by atomic mass is 79.9. The molecule has 0 saturated heterocycles. The Morgan fingerprint density at radius 3 is 2.28 bits per heavy atom. The smallest absolute Gasteiger partial charge is 0.261 e. The van der Waals surface area contributed by atoms with Crippen LogP contribution in [-0.2, 0) is 16.1 Å². The average Bonchev–Trinajstić information content (AvgIpc) is 2.75. The molecule has 0 bridgehead atoms. The van der Waals surface area contributed by atoms with E-state index in [0.717, 1.165) is 15.6 Å². The molecule has 7 heteroatoms. The molecule has 1 atom stereocenters. The van der Waals surface area contributed by atoms with E-state index in [0.29, 0.717) is 24.1 Å². The molecule has 2 aromatic carbocycles. The highest BCUT2D eigenvalue weighted by Gasteiger charge is 2.26. The standard InChI is InChI=1S/C25H32BrFN2O3/c1-16(2)13-28-25(31)18(5)29(14-19-6-9-21(27)10-7-19)24(30)15-32-23-11-8-20(17(3)4)12-22(23)26/h6-12,16-18H,13-15H2,1-5H3,(H,28,31)/t18-/m1/s1. The summed E-state index contributed by atoms with van der Waals surface area (Å²) in [5.74, 6) is 0.298. The summed E-state index contributed by atoms with van der Waals surface area (Å²) in [4.78, 5) is 27.2. The summed E-state index contributed by atoms with van der Waals surface area (Å²) in [7, 11) is 0. The number of nitrogens with zero attached hydrogens (tertiary/aromatic N) is 1. The fraction of sp³-hybridized carbons (Fsp3) is 0.440. The first-order valence-electron chi connectivity index (χ1n) is 10.8. The molecule has 0 radical (unpaired) electrons. The van der Waals surface area contributed by atoms with Gasteiger partial charge in [0.15, 0.2) is 6.61 Å². The van der Waals surface area contributed by atoms with Crippen LogP contribution in [0, 0.1) is 11.7 Å². The summed E-state index contributed by atoms with van der Waals surface area (Å²) in [6, 6.07) is 11.0. The first-order valence-corrected chi connectivity index (χ1v) is 11.6. The Balaban J connectivity index is 2.15. The van der Waals surface area contributed by atoms with Gasteiger partial charge < -0.3 is 15.0 Å². The van der Waals surface area contributed by atoms with Gasteiger partial charge in [0.1, 0.15) is 17.6 Å². The minimum atomic E-state index is -0.707. The fourth-order valence-corrected chi connectivity index (χ4v) is 3.55. The SMILES string of the molecule is CC(C)CNC(=O)[C@@H](C)N(Cc1ccc(F)cc1)C(=O)COc1ccc(C(C)C)cc1Br. The summed E-state index contributed by atoms with van der Waals surface area (Å²) in [5, 5.41) is 2.87. The monoisotopic (exact) mass is 506 g/mol. The van der Waals surface area contributed by atoms with E-state index in [2.05, 4.69) is 35.1 Å². The molecular formula is C25H32BrFN2O3. The molecule has 0 fully saturated rings. The van der Waals surface area contributed by atoms with Gasteiger partial charge in [0, 0.05) is 13.1 Å². The van der Waals surface area contributed by atoms with Gasteiger partial charge in [-0.05, 0) is 70.1 Å². The zero-order valence-corrected chi connectivity index (χ0v) is 20.9. The van der Waals surface area contributed by atoms with Crippen LogP contribution in [-0.4, -0.2) is 35.9 Å². The lowest BCUT2D eigenvalue weighted by Gasteiger charge is -2.29. The molecule has 2 rings (SSSR count). The van der Waals surface area contributed by atoms with Crippen LogP contribution in [0.3, 0.4) is 0 Å². The largest absolute Gasteiger partial charge is 0.483 e. The van der Waals surface area contributed by atoms with Crippen LogP contribution in [0.4, 0.5) is 4.39 Å². The maximum atomic E-state index is 13.3. The molecule has 5 nitrogen and oxygen atoms in total. The molecule has 0 aliphatic heterocycles. The quantitative estimate of drug-likeness (QED) is 0.476. The fourth-order valence-electron chi connectivity index (χ4n) is 3.04. The number of nitrogens with one attached hydrogen (secondary N) is 1. The number of benzene rings is 2. The predicted molar refractivity (Wildman–Crippen MR) is 128 cm³/mol. The summed E-state index contributed by atoms with van der Waals surface area (Å²) < 4.78 is 19.8. The second-order valence-corrected chi connectivity index (χ2v) is 9.45. The maximum Gasteiger partial charge on any atom is 0.261 e. The molecule has 0 saturated carbocycles. The predicted octanol–water partition coefficient (Wildman–Crippen LogP) is 5.28. The Hall–Kier alpha value is -2.41. The molecule has 2 amide bonds. The van der Waals surface area contributed by atoms with Crippen molar-refractivity contribution in [3.8, 4) is 5.75 Å². The molecule has 32 heavy (non-hydrogen) atoms. The minimum absolute atomic E-state index is 0.173. The molecule has 0 spiro atoms. The molecule has 2 aromatic rings. The summed E-state index contributed by atoms with van der Waals surface area (Å²) >= 11 is 3.50. The van der Waals surface area contributed by atoms with E-state index in [-0.39, 0.29) is 30.8 Å². The van der Waals surface area contributed by atoms with Crippen molar-refractivity contribution in [1.82, 2.24) is 10.2 Å². The number of carbonyl (C=O) groups is 2. The van der Waals surface area contributed by atoms with Gasteiger partial charge in [0.25, 0.3) is 5.91 Å². The lowest BCUT2D eigenvalue weighted by molar-refractivity contribution is -0.142. The Morgan fingerprint density at radius 1 is 1.06 bits per heavy atom. The van der Waals surface area contributed by atoms with Gasteiger partial charge in [0.05, 0.1) is 4.47 Å². The Bertz CT molecular complexity index is 916. The third-order valence-electron chi connectivity index (χ3n) is 5.09. The van der Waals surface area contributed by atoms with Crippen molar-refractivity contribution in [2.75, 3.05) is 13.2 Å². The Labute approximate surface area is 198 Å². The zero-order valence-electron chi connectivity index (χ0n) is 19.3. The van der Waals surface area contributed by atoms with Crippen LogP contribution in [0.1, 0.15) is 51.7 Å². The normalized spacial score (nSPS) is 12.0. The van der Waals surface area contributed by atoms with Crippen molar-refractivity contribution in [1.29, 1.82) is 0 Å². The number of hydrogen-bond acceptors (Lipinski definition) is 3. The molecule has 0 unspecified atom stereocenters. The van der Waals surface area contributed by atoms with Crippen molar-refractivity contribution >= 4 is 27.7 Å².